The second kappa shape index (κ2) is 12.2. The second-order valence-corrected chi connectivity index (χ2v) is 12.3. The van der Waals surface area contributed by atoms with Crippen LogP contribution in [0, 0.1) is 5.92 Å². The van der Waals surface area contributed by atoms with Crippen LogP contribution in [0.25, 0.3) is 0 Å². The summed E-state index contributed by atoms with van der Waals surface area (Å²) < 4.78 is 11.0. The highest BCUT2D eigenvalue weighted by Crippen LogP contribution is 2.44. The molecule has 0 unspecified atom stereocenters. The zero-order chi connectivity index (χ0) is 31.0. The van der Waals surface area contributed by atoms with Crippen LogP contribution in [-0.4, -0.2) is 83.4 Å². The maximum Gasteiger partial charge on any atom is 0.284 e. The number of nitrogens with one attached hydrogen (secondary N) is 3. The molecule has 3 aliphatic rings. The van der Waals surface area contributed by atoms with Crippen molar-refractivity contribution in [3.8, 4) is 11.5 Å². The van der Waals surface area contributed by atoms with E-state index in [1.807, 2.05) is 0 Å². The maximum atomic E-state index is 14.0. The minimum atomic E-state index is -1.03. The van der Waals surface area contributed by atoms with Gasteiger partial charge in [0.05, 0.1) is 25.6 Å². The van der Waals surface area contributed by atoms with Crippen LogP contribution >= 0.6 is 11.3 Å². The van der Waals surface area contributed by atoms with Crippen molar-refractivity contribution in [3.05, 3.63) is 45.1 Å². The number of benzene rings is 1. The summed E-state index contributed by atoms with van der Waals surface area (Å²) in [5.74, 6) is -1.59. The van der Waals surface area contributed by atoms with E-state index in [1.165, 1.54) is 25.2 Å². The number of ether oxygens (including phenoxy) is 2. The molecule has 2 aromatic rings. The van der Waals surface area contributed by atoms with E-state index in [4.69, 9.17) is 14.7 Å². The molecule has 13 nitrogen and oxygen atoms in total. The van der Waals surface area contributed by atoms with Gasteiger partial charge in [0.2, 0.25) is 17.7 Å². The molecule has 4 atom stereocenters. The van der Waals surface area contributed by atoms with E-state index in [-0.39, 0.29) is 35.6 Å². The first-order valence-corrected chi connectivity index (χ1v) is 14.9. The standard InChI is InChI=1S/C29H35N5O8S/c1-14(2)23(27(37)30-13-16-7-8-22(43-16)26(36)32-40)31-25(35)19-10-15-11-20(41-3)21(42-4)12-17(15)24-29(39)33-9-5-6-18(33)28(38)34(19)24/h7-8,11-12,14,18-19,23-24,40H,5-6,9-10,13H2,1-4H3,(H,30,37)(H,31,35)(H,32,36)/t18-,19-,23-,24+/m0/s1. The van der Waals surface area contributed by atoms with Gasteiger partial charge in [-0.2, -0.15) is 0 Å². The highest BCUT2D eigenvalue weighted by atomic mass is 32.1. The molecular weight excluding hydrogens is 578 g/mol. The predicted octanol–water partition coefficient (Wildman–Crippen LogP) is 1.14. The van der Waals surface area contributed by atoms with Gasteiger partial charge in [0.25, 0.3) is 11.8 Å². The number of carbonyl (C=O) groups excluding carboxylic acids is 5. The Balaban J connectivity index is 1.41. The van der Waals surface area contributed by atoms with E-state index in [0.29, 0.717) is 46.9 Å². The topological polar surface area (TPSA) is 167 Å². The third kappa shape index (κ3) is 5.52. The first kappa shape index (κ1) is 30.3. The van der Waals surface area contributed by atoms with Gasteiger partial charge in [0.15, 0.2) is 11.5 Å². The summed E-state index contributed by atoms with van der Waals surface area (Å²) in [5.41, 5.74) is 2.85. The smallest absolute Gasteiger partial charge is 0.284 e. The molecule has 14 heteroatoms. The summed E-state index contributed by atoms with van der Waals surface area (Å²) in [4.78, 5) is 70.5. The number of hydroxylamine groups is 1. The van der Waals surface area contributed by atoms with E-state index >= 15 is 0 Å². The van der Waals surface area contributed by atoms with Crippen molar-refractivity contribution in [2.24, 2.45) is 5.92 Å². The summed E-state index contributed by atoms with van der Waals surface area (Å²) in [6.45, 7) is 4.17. The molecule has 3 aliphatic heterocycles. The van der Waals surface area contributed by atoms with Gasteiger partial charge in [-0.15, -0.1) is 11.3 Å². The fourth-order valence-corrected chi connectivity index (χ4v) is 6.93. The van der Waals surface area contributed by atoms with Crippen molar-refractivity contribution in [2.75, 3.05) is 20.8 Å². The molecule has 43 heavy (non-hydrogen) atoms. The summed E-state index contributed by atoms with van der Waals surface area (Å²) >= 11 is 1.11. The Morgan fingerprint density at radius 1 is 1.09 bits per heavy atom. The first-order chi connectivity index (χ1) is 20.6. The monoisotopic (exact) mass is 613 g/mol. The molecule has 5 rings (SSSR count). The molecule has 230 valence electrons. The molecular formula is C29H35N5O8S. The van der Waals surface area contributed by atoms with E-state index < -0.39 is 41.9 Å². The highest BCUT2D eigenvalue weighted by Gasteiger charge is 2.54. The number of hydrogen-bond donors (Lipinski definition) is 4. The van der Waals surface area contributed by atoms with Gasteiger partial charge >= 0.3 is 0 Å². The second-order valence-electron chi connectivity index (χ2n) is 11.1. The third-order valence-corrected chi connectivity index (χ3v) is 9.33. The number of methoxy groups -OCH3 is 2. The molecule has 1 aromatic heterocycles. The molecule has 0 aliphatic carbocycles. The molecule has 2 fully saturated rings. The van der Waals surface area contributed by atoms with Gasteiger partial charge in [-0.1, -0.05) is 13.8 Å². The summed E-state index contributed by atoms with van der Waals surface area (Å²) in [5, 5.41) is 14.5. The molecule has 0 spiro atoms. The number of piperazine rings is 1. The lowest BCUT2D eigenvalue weighted by atomic mass is 9.84. The molecule has 1 aromatic carbocycles. The lowest BCUT2D eigenvalue weighted by Crippen LogP contribution is -2.66. The van der Waals surface area contributed by atoms with Crippen LogP contribution < -0.4 is 25.6 Å². The fourth-order valence-electron chi connectivity index (χ4n) is 6.09. The van der Waals surface area contributed by atoms with Gasteiger partial charge in [0.1, 0.15) is 24.2 Å². The van der Waals surface area contributed by atoms with Crippen LogP contribution in [0.2, 0.25) is 0 Å². The van der Waals surface area contributed by atoms with Gasteiger partial charge in [0, 0.05) is 17.8 Å². The minimum Gasteiger partial charge on any atom is -0.493 e. The Morgan fingerprint density at radius 3 is 2.49 bits per heavy atom. The number of nitrogens with zero attached hydrogens (tertiary/aromatic N) is 2. The molecule has 0 bridgehead atoms. The Bertz CT molecular complexity index is 1460. The van der Waals surface area contributed by atoms with Crippen molar-refractivity contribution >= 4 is 40.9 Å². The highest BCUT2D eigenvalue weighted by molar-refractivity contribution is 7.14. The number of fused-ring (bicyclic) bond motifs is 4. The minimum absolute atomic E-state index is 0.110. The molecule has 5 amide bonds. The predicted molar refractivity (Wildman–Crippen MR) is 154 cm³/mol. The quantitative estimate of drug-likeness (QED) is 0.241. The summed E-state index contributed by atoms with van der Waals surface area (Å²) in [6, 6.07) is 3.04. The van der Waals surface area contributed by atoms with E-state index in [2.05, 4.69) is 10.6 Å². The molecule has 4 N–H and O–H groups in total. The van der Waals surface area contributed by atoms with Crippen LogP contribution in [0.15, 0.2) is 24.3 Å². The zero-order valence-corrected chi connectivity index (χ0v) is 25.2. The molecule has 0 radical (unpaired) electrons. The van der Waals surface area contributed by atoms with Crippen LogP contribution in [0.5, 0.6) is 11.5 Å². The van der Waals surface area contributed by atoms with Crippen LogP contribution in [0.4, 0.5) is 0 Å². The molecule has 0 saturated carbocycles. The fraction of sp³-hybridized carbons (Fsp3) is 0.483. The van der Waals surface area contributed by atoms with Gasteiger partial charge in [-0.25, -0.2) is 5.48 Å². The number of hydrogen-bond acceptors (Lipinski definition) is 9. The van der Waals surface area contributed by atoms with Gasteiger partial charge < -0.3 is 29.9 Å². The van der Waals surface area contributed by atoms with E-state index in [9.17, 15) is 24.0 Å². The average Bonchev–Trinajstić information content (AvgIpc) is 3.70. The molecule has 2 saturated heterocycles. The number of thiophene rings is 1. The van der Waals surface area contributed by atoms with Gasteiger partial charge in [-0.3, -0.25) is 29.2 Å². The summed E-state index contributed by atoms with van der Waals surface area (Å²) in [6.07, 6.45) is 1.35. The van der Waals surface area contributed by atoms with Crippen molar-refractivity contribution in [3.63, 3.8) is 0 Å². The lowest BCUT2D eigenvalue weighted by Gasteiger charge is -2.48. The normalized spacial score (nSPS) is 21.5. The Kier molecular flexibility index (Phi) is 8.60. The van der Waals surface area contributed by atoms with E-state index in [1.54, 1.807) is 42.4 Å². The van der Waals surface area contributed by atoms with Crippen LogP contribution in [-0.2, 0) is 32.1 Å². The average molecular weight is 614 g/mol. The van der Waals surface area contributed by atoms with E-state index in [0.717, 1.165) is 11.3 Å². The maximum absolute atomic E-state index is 14.0. The van der Waals surface area contributed by atoms with Gasteiger partial charge in [-0.05, 0) is 54.2 Å². The lowest BCUT2D eigenvalue weighted by molar-refractivity contribution is -0.165. The largest absolute Gasteiger partial charge is 0.493 e. The number of amides is 5. The van der Waals surface area contributed by atoms with Crippen molar-refractivity contribution < 1.29 is 38.7 Å². The Hall–Kier alpha value is -4.17. The van der Waals surface area contributed by atoms with Crippen molar-refractivity contribution in [2.45, 2.75) is 63.8 Å². The van der Waals surface area contributed by atoms with Crippen LogP contribution in [0.3, 0.4) is 0 Å². The van der Waals surface area contributed by atoms with Crippen molar-refractivity contribution in [1.82, 2.24) is 25.9 Å². The van der Waals surface area contributed by atoms with Crippen LogP contribution in [0.1, 0.15) is 58.4 Å². The van der Waals surface area contributed by atoms with Crippen molar-refractivity contribution in [1.29, 1.82) is 0 Å². The zero-order valence-electron chi connectivity index (χ0n) is 24.3. The SMILES string of the molecule is COc1cc2c(cc1OC)[C@@H]1C(=O)N3CCC[C@H]3C(=O)N1[C@H](C(=O)N[C@H](C(=O)NCc1ccc(C(=O)NO)s1)C(C)C)C2. The number of carbonyl (C=O) groups is 5. The Labute approximate surface area is 252 Å². The summed E-state index contributed by atoms with van der Waals surface area (Å²) in [7, 11) is 2.99. The first-order valence-electron chi connectivity index (χ1n) is 14.1. The number of rotatable bonds is 9. The molecule has 4 heterocycles. The Morgan fingerprint density at radius 2 is 1.81 bits per heavy atom. The third-order valence-electron chi connectivity index (χ3n) is 8.25.